The molecule has 19 heavy (non-hydrogen) atoms. The van der Waals surface area contributed by atoms with E-state index < -0.39 is 0 Å². The predicted octanol–water partition coefficient (Wildman–Crippen LogP) is 3.00. The Balaban J connectivity index is 2.20. The van der Waals surface area contributed by atoms with Crippen molar-refractivity contribution in [1.29, 1.82) is 0 Å². The maximum absolute atomic E-state index is 5.52. The SMILES string of the molecule is CCOC(CCNC(C)Cc1ccccc1)OCC. The maximum Gasteiger partial charge on any atom is 0.158 e. The highest BCUT2D eigenvalue weighted by Gasteiger charge is 2.08. The van der Waals surface area contributed by atoms with Crippen LogP contribution in [0.4, 0.5) is 0 Å². The number of ether oxygens (including phenoxy) is 2. The second kappa shape index (κ2) is 9.96. The van der Waals surface area contributed by atoms with Crippen molar-refractivity contribution in [3.63, 3.8) is 0 Å². The van der Waals surface area contributed by atoms with Crippen LogP contribution < -0.4 is 5.32 Å². The molecule has 3 heteroatoms. The summed E-state index contributed by atoms with van der Waals surface area (Å²) in [6, 6.07) is 11.0. The van der Waals surface area contributed by atoms with Crippen LogP contribution in [0.5, 0.6) is 0 Å². The third kappa shape index (κ3) is 7.31. The highest BCUT2D eigenvalue weighted by Crippen LogP contribution is 2.04. The lowest BCUT2D eigenvalue weighted by atomic mass is 10.1. The van der Waals surface area contributed by atoms with E-state index in [4.69, 9.17) is 9.47 Å². The van der Waals surface area contributed by atoms with Crippen LogP contribution in [-0.2, 0) is 15.9 Å². The van der Waals surface area contributed by atoms with E-state index in [-0.39, 0.29) is 6.29 Å². The highest BCUT2D eigenvalue weighted by atomic mass is 16.7. The molecule has 1 N–H and O–H groups in total. The maximum atomic E-state index is 5.52. The molecule has 1 aromatic carbocycles. The van der Waals surface area contributed by atoms with Crippen LogP contribution in [0.25, 0.3) is 0 Å². The van der Waals surface area contributed by atoms with Gasteiger partial charge in [-0.25, -0.2) is 0 Å². The number of hydrogen-bond donors (Lipinski definition) is 1. The Morgan fingerprint density at radius 3 is 2.26 bits per heavy atom. The van der Waals surface area contributed by atoms with E-state index in [1.54, 1.807) is 0 Å². The predicted molar refractivity (Wildman–Crippen MR) is 79.3 cm³/mol. The Bertz CT molecular complexity index is 310. The van der Waals surface area contributed by atoms with Crippen LogP contribution >= 0.6 is 0 Å². The first-order chi connectivity index (χ1) is 9.26. The smallest absolute Gasteiger partial charge is 0.158 e. The average molecular weight is 265 g/mol. The molecule has 0 saturated heterocycles. The van der Waals surface area contributed by atoms with Crippen molar-refractivity contribution in [3.05, 3.63) is 35.9 Å². The molecule has 0 bridgehead atoms. The molecule has 3 nitrogen and oxygen atoms in total. The molecule has 0 aliphatic heterocycles. The zero-order valence-electron chi connectivity index (χ0n) is 12.4. The molecule has 0 fully saturated rings. The zero-order valence-corrected chi connectivity index (χ0v) is 12.4. The molecule has 108 valence electrons. The monoisotopic (exact) mass is 265 g/mol. The van der Waals surface area contributed by atoms with Crippen molar-refractivity contribution in [2.45, 2.75) is 45.9 Å². The van der Waals surface area contributed by atoms with Gasteiger partial charge in [-0.1, -0.05) is 30.3 Å². The molecule has 0 aliphatic carbocycles. The summed E-state index contributed by atoms with van der Waals surface area (Å²) in [5, 5.41) is 3.52. The topological polar surface area (TPSA) is 30.5 Å². The van der Waals surface area contributed by atoms with E-state index in [1.165, 1.54) is 5.56 Å². The van der Waals surface area contributed by atoms with Gasteiger partial charge < -0.3 is 14.8 Å². The summed E-state index contributed by atoms with van der Waals surface area (Å²) >= 11 is 0. The lowest BCUT2D eigenvalue weighted by Gasteiger charge is -2.19. The Morgan fingerprint density at radius 2 is 1.68 bits per heavy atom. The van der Waals surface area contributed by atoms with Crippen LogP contribution in [-0.4, -0.2) is 32.1 Å². The largest absolute Gasteiger partial charge is 0.353 e. The van der Waals surface area contributed by atoms with Crippen LogP contribution in [0.1, 0.15) is 32.8 Å². The molecule has 1 atom stereocenters. The normalized spacial score (nSPS) is 12.8. The number of rotatable bonds is 10. The van der Waals surface area contributed by atoms with E-state index >= 15 is 0 Å². The van der Waals surface area contributed by atoms with Gasteiger partial charge in [-0.05, 0) is 32.8 Å². The van der Waals surface area contributed by atoms with Crippen molar-refractivity contribution < 1.29 is 9.47 Å². The molecule has 0 radical (unpaired) electrons. The quantitative estimate of drug-likeness (QED) is 0.660. The molecular formula is C16H27NO2. The summed E-state index contributed by atoms with van der Waals surface area (Å²) in [4.78, 5) is 0. The second-order valence-electron chi connectivity index (χ2n) is 4.67. The van der Waals surface area contributed by atoms with Gasteiger partial charge in [-0.3, -0.25) is 0 Å². The minimum atomic E-state index is -0.0774. The van der Waals surface area contributed by atoms with Crippen molar-refractivity contribution in [1.82, 2.24) is 5.32 Å². The summed E-state index contributed by atoms with van der Waals surface area (Å²) in [7, 11) is 0. The standard InChI is InChI=1S/C16H27NO2/c1-4-18-16(19-5-2)11-12-17-14(3)13-15-9-7-6-8-10-15/h6-10,14,16-17H,4-5,11-13H2,1-3H3. The van der Waals surface area contributed by atoms with Gasteiger partial charge >= 0.3 is 0 Å². The van der Waals surface area contributed by atoms with Crippen molar-refractivity contribution in [2.24, 2.45) is 0 Å². The second-order valence-corrected chi connectivity index (χ2v) is 4.67. The van der Waals surface area contributed by atoms with Crippen molar-refractivity contribution in [3.8, 4) is 0 Å². The van der Waals surface area contributed by atoms with Gasteiger partial charge in [0.05, 0.1) is 0 Å². The lowest BCUT2D eigenvalue weighted by Crippen LogP contribution is -2.32. The molecule has 0 spiro atoms. The third-order valence-electron chi connectivity index (χ3n) is 2.96. The van der Waals surface area contributed by atoms with Crippen molar-refractivity contribution in [2.75, 3.05) is 19.8 Å². The minimum Gasteiger partial charge on any atom is -0.353 e. The van der Waals surface area contributed by atoms with E-state index in [0.29, 0.717) is 19.3 Å². The number of nitrogens with one attached hydrogen (secondary N) is 1. The van der Waals surface area contributed by atoms with Gasteiger partial charge in [0.2, 0.25) is 0 Å². The van der Waals surface area contributed by atoms with Crippen LogP contribution in [0.3, 0.4) is 0 Å². The first-order valence-corrected chi connectivity index (χ1v) is 7.26. The fourth-order valence-corrected chi connectivity index (χ4v) is 2.07. The molecule has 0 heterocycles. The first-order valence-electron chi connectivity index (χ1n) is 7.26. The van der Waals surface area contributed by atoms with Gasteiger partial charge in [-0.2, -0.15) is 0 Å². The fourth-order valence-electron chi connectivity index (χ4n) is 2.07. The molecule has 0 aromatic heterocycles. The van der Waals surface area contributed by atoms with Crippen LogP contribution in [0.15, 0.2) is 30.3 Å². The molecular weight excluding hydrogens is 238 g/mol. The average Bonchev–Trinajstić information content (AvgIpc) is 2.40. The molecule has 1 unspecified atom stereocenters. The Hall–Kier alpha value is -0.900. The van der Waals surface area contributed by atoms with E-state index in [2.05, 4.69) is 42.6 Å². The Morgan fingerprint density at radius 1 is 1.05 bits per heavy atom. The minimum absolute atomic E-state index is 0.0774. The third-order valence-corrected chi connectivity index (χ3v) is 2.96. The molecule has 1 rings (SSSR count). The molecule has 0 amide bonds. The molecule has 0 saturated carbocycles. The highest BCUT2D eigenvalue weighted by molar-refractivity contribution is 5.15. The fraction of sp³-hybridized carbons (Fsp3) is 0.625. The molecule has 1 aromatic rings. The summed E-state index contributed by atoms with van der Waals surface area (Å²) < 4.78 is 11.0. The number of hydrogen-bond acceptors (Lipinski definition) is 3. The lowest BCUT2D eigenvalue weighted by molar-refractivity contribution is -0.138. The summed E-state index contributed by atoms with van der Waals surface area (Å²) in [6.45, 7) is 8.52. The van der Waals surface area contributed by atoms with Gasteiger partial charge in [0.25, 0.3) is 0 Å². The van der Waals surface area contributed by atoms with Gasteiger partial charge in [0, 0.05) is 32.2 Å². The molecule has 0 aliphatic rings. The number of benzene rings is 1. The first kappa shape index (κ1) is 16.2. The van der Waals surface area contributed by atoms with Gasteiger partial charge in [0.1, 0.15) is 0 Å². The Labute approximate surface area is 117 Å². The van der Waals surface area contributed by atoms with E-state index in [1.807, 2.05) is 13.8 Å². The van der Waals surface area contributed by atoms with Gasteiger partial charge in [0.15, 0.2) is 6.29 Å². The summed E-state index contributed by atoms with van der Waals surface area (Å²) in [5.74, 6) is 0. The van der Waals surface area contributed by atoms with Gasteiger partial charge in [-0.15, -0.1) is 0 Å². The zero-order chi connectivity index (χ0) is 13.9. The Kier molecular flexibility index (Phi) is 8.47. The van der Waals surface area contributed by atoms with Crippen LogP contribution in [0.2, 0.25) is 0 Å². The van der Waals surface area contributed by atoms with E-state index in [9.17, 15) is 0 Å². The van der Waals surface area contributed by atoms with Crippen LogP contribution in [0, 0.1) is 0 Å². The van der Waals surface area contributed by atoms with E-state index in [0.717, 1.165) is 19.4 Å². The summed E-state index contributed by atoms with van der Waals surface area (Å²) in [5.41, 5.74) is 1.37. The summed E-state index contributed by atoms with van der Waals surface area (Å²) in [6.07, 6.45) is 1.86. The van der Waals surface area contributed by atoms with Crippen molar-refractivity contribution >= 4 is 0 Å².